The molecule has 102 valence electrons. The lowest BCUT2D eigenvalue weighted by Crippen LogP contribution is -2.25. The molecule has 1 N–H and O–H groups in total. The second-order valence-corrected chi connectivity index (χ2v) is 4.26. The minimum Gasteiger partial charge on any atom is -0.434 e. The zero-order valence-electron chi connectivity index (χ0n) is 11.1. The van der Waals surface area contributed by atoms with Gasteiger partial charge >= 0.3 is 6.61 Å². The van der Waals surface area contributed by atoms with Gasteiger partial charge in [0, 0.05) is 11.6 Å². The minimum absolute atomic E-state index is 0.0370. The highest BCUT2D eigenvalue weighted by molar-refractivity contribution is 5.36. The molecule has 1 atom stereocenters. The predicted molar refractivity (Wildman–Crippen MR) is 68.9 cm³/mol. The monoisotopic (exact) mass is 257 g/mol. The SMILES string of the molecule is CCC(CC)C(NC)c1ccccc1OC(F)F. The first-order valence-electron chi connectivity index (χ1n) is 6.35. The molecule has 0 spiro atoms. The summed E-state index contributed by atoms with van der Waals surface area (Å²) in [7, 11) is 1.85. The zero-order chi connectivity index (χ0) is 13.5. The van der Waals surface area contributed by atoms with Gasteiger partial charge in [-0.3, -0.25) is 0 Å². The maximum Gasteiger partial charge on any atom is 0.387 e. The van der Waals surface area contributed by atoms with E-state index in [2.05, 4.69) is 23.9 Å². The summed E-state index contributed by atoms with van der Waals surface area (Å²) in [4.78, 5) is 0. The molecule has 0 bridgehead atoms. The Labute approximate surface area is 107 Å². The maximum atomic E-state index is 12.4. The van der Waals surface area contributed by atoms with Crippen molar-refractivity contribution in [1.29, 1.82) is 0 Å². The van der Waals surface area contributed by atoms with E-state index in [1.807, 2.05) is 19.2 Å². The van der Waals surface area contributed by atoms with Crippen molar-refractivity contribution in [3.8, 4) is 5.75 Å². The topological polar surface area (TPSA) is 21.3 Å². The van der Waals surface area contributed by atoms with Crippen molar-refractivity contribution in [3.63, 3.8) is 0 Å². The maximum absolute atomic E-state index is 12.4. The average molecular weight is 257 g/mol. The Kier molecular flexibility index (Phi) is 6.05. The Morgan fingerprint density at radius 1 is 1.17 bits per heavy atom. The van der Waals surface area contributed by atoms with Gasteiger partial charge in [0.2, 0.25) is 0 Å². The van der Waals surface area contributed by atoms with Gasteiger partial charge in [0.15, 0.2) is 0 Å². The lowest BCUT2D eigenvalue weighted by molar-refractivity contribution is -0.0508. The van der Waals surface area contributed by atoms with Crippen LogP contribution in [0.1, 0.15) is 38.3 Å². The highest BCUT2D eigenvalue weighted by Crippen LogP contribution is 2.33. The normalized spacial score (nSPS) is 13.1. The van der Waals surface area contributed by atoms with Crippen molar-refractivity contribution < 1.29 is 13.5 Å². The summed E-state index contributed by atoms with van der Waals surface area (Å²) in [6.07, 6.45) is 1.98. The lowest BCUT2D eigenvalue weighted by atomic mass is 9.88. The molecule has 1 rings (SSSR count). The quantitative estimate of drug-likeness (QED) is 0.797. The Balaban J connectivity index is 3.04. The van der Waals surface area contributed by atoms with Gasteiger partial charge in [0.25, 0.3) is 0 Å². The van der Waals surface area contributed by atoms with Crippen molar-refractivity contribution in [3.05, 3.63) is 29.8 Å². The summed E-state index contributed by atoms with van der Waals surface area (Å²) in [6.45, 7) is 1.43. The first-order valence-corrected chi connectivity index (χ1v) is 6.35. The molecule has 0 aliphatic carbocycles. The zero-order valence-corrected chi connectivity index (χ0v) is 11.1. The van der Waals surface area contributed by atoms with E-state index in [9.17, 15) is 8.78 Å². The second kappa shape index (κ2) is 7.31. The summed E-state index contributed by atoms with van der Waals surface area (Å²) in [5.41, 5.74) is 0.800. The lowest BCUT2D eigenvalue weighted by Gasteiger charge is -2.27. The molecule has 0 aliphatic heterocycles. The molecule has 0 aliphatic rings. The largest absolute Gasteiger partial charge is 0.434 e. The molecule has 1 aromatic carbocycles. The Morgan fingerprint density at radius 3 is 2.28 bits per heavy atom. The van der Waals surface area contributed by atoms with Gasteiger partial charge in [-0.25, -0.2) is 0 Å². The highest BCUT2D eigenvalue weighted by atomic mass is 19.3. The van der Waals surface area contributed by atoms with E-state index in [-0.39, 0.29) is 11.8 Å². The summed E-state index contributed by atoms with van der Waals surface area (Å²) in [6, 6.07) is 7.03. The number of benzene rings is 1. The number of halogens is 2. The third-order valence-corrected chi connectivity index (χ3v) is 3.30. The first kappa shape index (κ1) is 14.9. The molecule has 0 aromatic heterocycles. The fourth-order valence-corrected chi connectivity index (χ4v) is 2.35. The number of para-hydroxylation sites is 1. The Bertz CT molecular complexity index is 353. The number of hydrogen-bond acceptors (Lipinski definition) is 2. The molecular formula is C14H21F2NO. The molecule has 4 heteroatoms. The van der Waals surface area contributed by atoms with Crippen LogP contribution < -0.4 is 10.1 Å². The summed E-state index contributed by atoms with van der Waals surface area (Å²) >= 11 is 0. The van der Waals surface area contributed by atoms with Crippen LogP contribution in [0.2, 0.25) is 0 Å². The van der Waals surface area contributed by atoms with E-state index in [4.69, 9.17) is 0 Å². The number of alkyl halides is 2. The number of hydrogen-bond donors (Lipinski definition) is 1. The second-order valence-electron chi connectivity index (χ2n) is 4.26. The van der Waals surface area contributed by atoms with Gasteiger partial charge in [0.05, 0.1) is 0 Å². The minimum atomic E-state index is -2.79. The summed E-state index contributed by atoms with van der Waals surface area (Å²) in [5.74, 6) is 0.663. The van der Waals surface area contributed by atoms with Crippen LogP contribution in [0, 0.1) is 5.92 Å². The predicted octanol–water partition coefficient (Wildman–Crippen LogP) is 3.98. The van der Waals surface area contributed by atoms with Crippen molar-refractivity contribution >= 4 is 0 Å². The van der Waals surface area contributed by atoms with Crippen molar-refractivity contribution in [2.24, 2.45) is 5.92 Å². The fraction of sp³-hybridized carbons (Fsp3) is 0.571. The molecule has 0 amide bonds. The molecule has 0 fully saturated rings. The highest BCUT2D eigenvalue weighted by Gasteiger charge is 2.22. The number of nitrogens with one attached hydrogen (secondary N) is 1. The van der Waals surface area contributed by atoms with Crippen LogP contribution in [0.4, 0.5) is 8.78 Å². The molecule has 0 radical (unpaired) electrons. The van der Waals surface area contributed by atoms with Crippen LogP contribution in [-0.2, 0) is 0 Å². The molecular weight excluding hydrogens is 236 g/mol. The van der Waals surface area contributed by atoms with Crippen LogP contribution in [0.5, 0.6) is 5.75 Å². The van der Waals surface area contributed by atoms with E-state index in [0.29, 0.717) is 5.92 Å². The van der Waals surface area contributed by atoms with Crippen molar-refractivity contribution in [2.75, 3.05) is 7.05 Å². The summed E-state index contributed by atoms with van der Waals surface area (Å²) in [5, 5.41) is 3.21. The molecule has 2 nitrogen and oxygen atoms in total. The first-order chi connectivity index (χ1) is 8.63. The molecule has 0 saturated heterocycles. The van der Waals surface area contributed by atoms with E-state index in [1.165, 1.54) is 0 Å². The molecule has 1 aromatic rings. The van der Waals surface area contributed by atoms with Gasteiger partial charge < -0.3 is 10.1 Å². The summed E-state index contributed by atoms with van der Waals surface area (Å²) < 4.78 is 29.4. The van der Waals surface area contributed by atoms with E-state index in [0.717, 1.165) is 18.4 Å². The molecule has 18 heavy (non-hydrogen) atoms. The van der Waals surface area contributed by atoms with Gasteiger partial charge in [-0.15, -0.1) is 0 Å². The standard InChI is InChI=1S/C14H21F2NO/c1-4-10(5-2)13(17-3)11-8-6-7-9-12(11)18-14(15)16/h6-10,13-14,17H,4-5H2,1-3H3. The van der Waals surface area contributed by atoms with E-state index < -0.39 is 6.61 Å². The van der Waals surface area contributed by atoms with Gasteiger partial charge in [0.1, 0.15) is 5.75 Å². The third-order valence-electron chi connectivity index (χ3n) is 3.30. The average Bonchev–Trinajstić information content (AvgIpc) is 2.36. The Hall–Kier alpha value is -1.16. The van der Waals surface area contributed by atoms with Crippen LogP contribution >= 0.6 is 0 Å². The molecule has 0 saturated carbocycles. The van der Waals surface area contributed by atoms with Crippen LogP contribution in [0.3, 0.4) is 0 Å². The van der Waals surface area contributed by atoms with Crippen LogP contribution in [0.15, 0.2) is 24.3 Å². The van der Waals surface area contributed by atoms with Gasteiger partial charge in [-0.2, -0.15) is 8.78 Å². The molecule has 0 heterocycles. The van der Waals surface area contributed by atoms with Gasteiger partial charge in [-0.05, 0) is 19.0 Å². The van der Waals surface area contributed by atoms with Gasteiger partial charge in [-0.1, -0.05) is 44.9 Å². The van der Waals surface area contributed by atoms with Crippen molar-refractivity contribution in [1.82, 2.24) is 5.32 Å². The fourth-order valence-electron chi connectivity index (χ4n) is 2.35. The third kappa shape index (κ3) is 3.67. The number of ether oxygens (including phenoxy) is 1. The van der Waals surface area contributed by atoms with Crippen LogP contribution in [0.25, 0.3) is 0 Å². The van der Waals surface area contributed by atoms with Crippen molar-refractivity contribution in [2.45, 2.75) is 39.3 Å². The van der Waals surface area contributed by atoms with E-state index >= 15 is 0 Å². The smallest absolute Gasteiger partial charge is 0.387 e. The number of rotatable bonds is 7. The molecule has 1 unspecified atom stereocenters. The Morgan fingerprint density at radius 2 is 1.78 bits per heavy atom. The van der Waals surface area contributed by atoms with Crippen LogP contribution in [-0.4, -0.2) is 13.7 Å². The van der Waals surface area contributed by atoms with E-state index in [1.54, 1.807) is 12.1 Å².